The van der Waals surface area contributed by atoms with E-state index >= 15 is 0 Å². The minimum atomic E-state index is -0.240. The fraction of sp³-hybridized carbons (Fsp3) is 0.273. The average Bonchev–Trinajstić information content (AvgIpc) is 2.71. The summed E-state index contributed by atoms with van der Waals surface area (Å²) in [5, 5.41) is 16.3. The van der Waals surface area contributed by atoms with Crippen LogP contribution in [0, 0.1) is 0 Å². The number of aromatic nitrogens is 2. The van der Waals surface area contributed by atoms with Gasteiger partial charge in [-0.05, 0) is 18.2 Å². The Morgan fingerprint density at radius 3 is 3.06 bits per heavy atom. The Morgan fingerprint density at radius 1 is 1.59 bits per heavy atom. The van der Waals surface area contributed by atoms with E-state index in [-0.39, 0.29) is 19.1 Å². The third-order valence-corrected chi connectivity index (χ3v) is 2.57. The molecule has 1 amide bonds. The number of anilines is 1. The van der Waals surface area contributed by atoms with Crippen LogP contribution in [0.4, 0.5) is 5.69 Å². The summed E-state index contributed by atoms with van der Waals surface area (Å²) >= 11 is 0. The van der Waals surface area contributed by atoms with Gasteiger partial charge in [0.2, 0.25) is 0 Å². The van der Waals surface area contributed by atoms with Gasteiger partial charge in [0.25, 0.3) is 5.91 Å². The normalized spacial score (nSPS) is 10.7. The molecule has 0 radical (unpaired) electrons. The highest BCUT2D eigenvalue weighted by atomic mass is 16.3. The van der Waals surface area contributed by atoms with Crippen LogP contribution in [0.2, 0.25) is 0 Å². The van der Waals surface area contributed by atoms with Crippen molar-refractivity contribution in [1.82, 2.24) is 15.1 Å². The molecule has 0 unspecified atom stereocenters. The predicted octanol–water partition coefficient (Wildman–Crippen LogP) is 0.209. The number of rotatable bonds is 3. The summed E-state index contributed by atoms with van der Waals surface area (Å²) in [5.74, 6) is -0.240. The molecule has 2 rings (SSSR count). The van der Waals surface area contributed by atoms with E-state index in [1.54, 1.807) is 25.2 Å². The number of aliphatic hydroxyl groups is 1. The molecule has 0 aliphatic rings. The van der Waals surface area contributed by atoms with Gasteiger partial charge in [-0.15, -0.1) is 0 Å². The molecule has 1 aromatic carbocycles. The highest BCUT2D eigenvalue weighted by Crippen LogP contribution is 2.19. The maximum atomic E-state index is 12.0. The molecular weight excluding hydrogens is 220 g/mol. The summed E-state index contributed by atoms with van der Waals surface area (Å²) in [4.78, 5) is 13.4. The molecule has 0 fully saturated rings. The molecule has 1 aromatic heterocycles. The van der Waals surface area contributed by atoms with Gasteiger partial charge in [0, 0.05) is 24.7 Å². The third-order valence-electron chi connectivity index (χ3n) is 2.57. The van der Waals surface area contributed by atoms with E-state index in [1.807, 2.05) is 0 Å². The van der Waals surface area contributed by atoms with Crippen molar-refractivity contribution < 1.29 is 9.90 Å². The molecule has 0 spiro atoms. The first kappa shape index (κ1) is 11.4. The topological polar surface area (TPSA) is 95.2 Å². The fourth-order valence-corrected chi connectivity index (χ4v) is 1.63. The van der Waals surface area contributed by atoms with Gasteiger partial charge in [-0.1, -0.05) is 0 Å². The number of carbonyl (C=O) groups excluding carboxylic acids is 1. The minimum Gasteiger partial charge on any atom is -0.399 e. The van der Waals surface area contributed by atoms with Crippen molar-refractivity contribution in [1.29, 1.82) is 0 Å². The second kappa shape index (κ2) is 4.42. The van der Waals surface area contributed by atoms with Crippen LogP contribution in [0.3, 0.4) is 0 Å². The van der Waals surface area contributed by atoms with Crippen molar-refractivity contribution in [2.24, 2.45) is 0 Å². The monoisotopic (exact) mass is 234 g/mol. The Bertz CT molecular complexity index is 549. The van der Waals surface area contributed by atoms with Crippen molar-refractivity contribution in [2.75, 3.05) is 25.9 Å². The number of nitrogens with one attached hydrogen (secondary N) is 1. The third kappa shape index (κ3) is 2.07. The average molecular weight is 234 g/mol. The van der Waals surface area contributed by atoms with Gasteiger partial charge >= 0.3 is 0 Å². The number of aliphatic hydroxyl groups excluding tert-OH is 1. The Kier molecular flexibility index (Phi) is 2.97. The maximum Gasteiger partial charge on any atom is 0.274 e. The SMILES string of the molecule is CN(CCO)C(=O)c1n[nH]c2ccc(N)cc12. The molecule has 0 saturated carbocycles. The van der Waals surface area contributed by atoms with Gasteiger partial charge < -0.3 is 15.7 Å². The van der Waals surface area contributed by atoms with Crippen LogP contribution in [-0.2, 0) is 0 Å². The van der Waals surface area contributed by atoms with Crippen molar-refractivity contribution in [2.45, 2.75) is 0 Å². The van der Waals surface area contributed by atoms with Gasteiger partial charge in [-0.2, -0.15) is 5.10 Å². The van der Waals surface area contributed by atoms with Crippen molar-refractivity contribution >= 4 is 22.5 Å². The Morgan fingerprint density at radius 2 is 2.35 bits per heavy atom. The number of nitrogens with two attached hydrogens (primary N) is 1. The second-order valence-corrected chi connectivity index (χ2v) is 3.83. The Hall–Kier alpha value is -2.08. The summed E-state index contributed by atoms with van der Waals surface area (Å²) in [5.41, 5.74) is 7.35. The molecule has 0 saturated heterocycles. The van der Waals surface area contributed by atoms with E-state index in [1.165, 1.54) is 4.90 Å². The molecule has 4 N–H and O–H groups in total. The molecule has 2 aromatic rings. The lowest BCUT2D eigenvalue weighted by molar-refractivity contribution is 0.0763. The molecule has 6 heteroatoms. The number of hydrogen-bond acceptors (Lipinski definition) is 4. The van der Waals surface area contributed by atoms with Crippen LogP contribution in [0.15, 0.2) is 18.2 Å². The number of H-pyrrole nitrogens is 1. The number of nitrogens with zero attached hydrogens (tertiary/aromatic N) is 2. The number of hydrogen-bond donors (Lipinski definition) is 3. The van der Waals surface area contributed by atoms with Crippen LogP contribution in [0.5, 0.6) is 0 Å². The molecule has 90 valence electrons. The lowest BCUT2D eigenvalue weighted by Gasteiger charge is -2.13. The number of carbonyl (C=O) groups is 1. The lowest BCUT2D eigenvalue weighted by Crippen LogP contribution is -2.29. The number of aromatic amines is 1. The summed E-state index contributed by atoms with van der Waals surface area (Å²) in [6, 6.07) is 5.23. The van der Waals surface area contributed by atoms with Crippen LogP contribution < -0.4 is 5.73 Å². The van der Waals surface area contributed by atoms with Gasteiger partial charge in [0.15, 0.2) is 5.69 Å². The van der Waals surface area contributed by atoms with Crippen molar-refractivity contribution in [3.05, 3.63) is 23.9 Å². The largest absolute Gasteiger partial charge is 0.399 e. The molecule has 6 nitrogen and oxygen atoms in total. The van der Waals surface area contributed by atoms with Gasteiger partial charge in [-0.3, -0.25) is 9.89 Å². The number of amides is 1. The van der Waals surface area contributed by atoms with Crippen LogP contribution in [0.1, 0.15) is 10.5 Å². The molecule has 0 aliphatic heterocycles. The van der Waals surface area contributed by atoms with Crippen LogP contribution in [0.25, 0.3) is 10.9 Å². The van der Waals surface area contributed by atoms with Crippen LogP contribution >= 0.6 is 0 Å². The lowest BCUT2D eigenvalue weighted by atomic mass is 10.2. The molecule has 0 atom stereocenters. The molecule has 1 heterocycles. The minimum absolute atomic E-state index is 0.0767. The first-order valence-electron chi connectivity index (χ1n) is 5.23. The predicted molar refractivity (Wildman–Crippen MR) is 64.6 cm³/mol. The number of benzene rings is 1. The smallest absolute Gasteiger partial charge is 0.274 e. The van der Waals surface area contributed by atoms with E-state index in [0.29, 0.717) is 16.8 Å². The van der Waals surface area contributed by atoms with Crippen LogP contribution in [-0.4, -0.2) is 46.3 Å². The standard InChI is InChI=1S/C11H14N4O2/c1-15(4-5-16)11(17)10-8-6-7(12)2-3-9(8)13-14-10/h2-3,6,16H,4-5,12H2,1H3,(H,13,14). The Balaban J connectivity index is 2.41. The summed E-state index contributed by atoms with van der Waals surface area (Å²) < 4.78 is 0. The molecule has 0 aliphatic carbocycles. The molecular formula is C11H14N4O2. The first-order chi connectivity index (χ1) is 8.13. The van der Waals surface area contributed by atoms with Gasteiger partial charge in [0.05, 0.1) is 12.1 Å². The van der Waals surface area contributed by atoms with E-state index < -0.39 is 0 Å². The zero-order valence-electron chi connectivity index (χ0n) is 9.47. The molecule has 17 heavy (non-hydrogen) atoms. The highest BCUT2D eigenvalue weighted by molar-refractivity contribution is 6.05. The number of nitrogen functional groups attached to an aromatic ring is 1. The quantitative estimate of drug-likeness (QED) is 0.661. The number of likely N-dealkylation sites (N-methyl/N-ethyl adjacent to an activating group) is 1. The number of fused-ring (bicyclic) bond motifs is 1. The zero-order valence-corrected chi connectivity index (χ0v) is 9.47. The summed E-state index contributed by atoms with van der Waals surface area (Å²) in [6.07, 6.45) is 0. The summed E-state index contributed by atoms with van der Waals surface area (Å²) in [7, 11) is 1.62. The van der Waals surface area contributed by atoms with Gasteiger partial charge in [-0.25, -0.2) is 0 Å². The van der Waals surface area contributed by atoms with E-state index in [0.717, 1.165) is 5.52 Å². The first-order valence-corrected chi connectivity index (χ1v) is 5.23. The summed E-state index contributed by atoms with van der Waals surface area (Å²) in [6.45, 7) is 0.197. The van der Waals surface area contributed by atoms with E-state index in [9.17, 15) is 4.79 Å². The zero-order chi connectivity index (χ0) is 12.4. The van der Waals surface area contributed by atoms with Crippen molar-refractivity contribution in [3.8, 4) is 0 Å². The highest BCUT2D eigenvalue weighted by Gasteiger charge is 2.17. The van der Waals surface area contributed by atoms with Crippen molar-refractivity contribution in [3.63, 3.8) is 0 Å². The Labute approximate surface area is 98.0 Å². The maximum absolute atomic E-state index is 12.0. The van der Waals surface area contributed by atoms with E-state index in [4.69, 9.17) is 10.8 Å². The molecule has 0 bridgehead atoms. The van der Waals surface area contributed by atoms with Gasteiger partial charge in [0.1, 0.15) is 0 Å². The van der Waals surface area contributed by atoms with E-state index in [2.05, 4.69) is 10.2 Å². The second-order valence-electron chi connectivity index (χ2n) is 3.83. The fourth-order valence-electron chi connectivity index (χ4n) is 1.63.